The minimum atomic E-state index is -3.75. The smallest absolute Gasteiger partial charge is 0.264 e. The maximum Gasteiger partial charge on any atom is 0.264 e. The number of fused-ring (bicyclic) bond motifs is 1. The second-order valence-corrected chi connectivity index (χ2v) is 9.53. The van der Waals surface area contributed by atoms with E-state index in [0.29, 0.717) is 0 Å². The fourth-order valence-corrected chi connectivity index (χ4v) is 3.91. The number of benzene rings is 2. The number of hydroxylamine groups is 1. The lowest BCUT2D eigenvalue weighted by atomic mass is 10.0. The van der Waals surface area contributed by atoms with Crippen molar-refractivity contribution in [1.82, 2.24) is 15.3 Å². The number of nitrogens with zero attached hydrogens (tertiary/aromatic N) is 2. The summed E-state index contributed by atoms with van der Waals surface area (Å²) in [6, 6.07) is 13.6. The molecule has 2 aromatic carbocycles. The molecule has 1 amide bonds. The summed E-state index contributed by atoms with van der Waals surface area (Å²) >= 11 is 0. The summed E-state index contributed by atoms with van der Waals surface area (Å²) in [6.45, 7) is 1.49. The first kappa shape index (κ1) is 20.8. The fraction of sp³-hybridized carbons (Fsp3) is 0.300. The van der Waals surface area contributed by atoms with Crippen LogP contribution in [0.2, 0.25) is 0 Å². The van der Waals surface area contributed by atoms with E-state index < -0.39 is 20.5 Å². The zero-order valence-corrected chi connectivity index (χ0v) is 17.2. The van der Waals surface area contributed by atoms with Crippen LogP contribution in [-0.2, 0) is 21.2 Å². The van der Waals surface area contributed by atoms with Crippen LogP contribution in [0, 0.1) is 0 Å². The van der Waals surface area contributed by atoms with Crippen molar-refractivity contribution in [2.75, 3.05) is 13.4 Å². The molecule has 1 atom stereocenters. The Bertz CT molecular complexity index is 1140. The number of hydrogen-bond donors (Lipinski definition) is 2. The van der Waals surface area contributed by atoms with Gasteiger partial charge in [0, 0.05) is 24.4 Å². The van der Waals surface area contributed by atoms with E-state index in [1.54, 1.807) is 11.8 Å². The number of aryl methyl sites for hydroxylation is 1. The fourth-order valence-electron chi connectivity index (χ4n) is 3.07. The van der Waals surface area contributed by atoms with Crippen molar-refractivity contribution < 1.29 is 23.2 Å². The summed E-state index contributed by atoms with van der Waals surface area (Å²) in [5, 5.41) is 14.3. The van der Waals surface area contributed by atoms with E-state index in [-0.39, 0.29) is 13.0 Å². The third kappa shape index (κ3) is 4.10. The van der Waals surface area contributed by atoms with Crippen molar-refractivity contribution in [2.45, 2.75) is 24.6 Å². The van der Waals surface area contributed by atoms with Crippen molar-refractivity contribution in [1.29, 1.82) is 0 Å². The van der Waals surface area contributed by atoms with Gasteiger partial charge < -0.3 is 4.74 Å². The lowest BCUT2D eigenvalue weighted by molar-refractivity contribution is -0.131. The zero-order valence-electron chi connectivity index (χ0n) is 16.4. The van der Waals surface area contributed by atoms with Gasteiger partial charge in [-0.05, 0) is 48.7 Å². The van der Waals surface area contributed by atoms with Gasteiger partial charge in [-0.3, -0.25) is 14.7 Å². The first-order chi connectivity index (χ1) is 13.7. The molecule has 29 heavy (non-hydrogen) atoms. The van der Waals surface area contributed by atoms with Gasteiger partial charge in [0.25, 0.3) is 5.91 Å². The number of hydrogen-bond acceptors (Lipinski definition) is 6. The third-order valence-corrected chi connectivity index (χ3v) is 7.22. The van der Waals surface area contributed by atoms with Gasteiger partial charge in [-0.15, -0.1) is 0 Å². The predicted molar refractivity (Wildman–Crippen MR) is 110 cm³/mol. The average Bonchev–Trinajstić information content (AvgIpc) is 3.12. The standard InChI is InChI=1S/C20H23N3O5S/c1-20(19(24)22-25,29(3,26)27)10-11-23-13-16-12-15(6-9-18(16)21-23)14-4-7-17(28-2)8-5-14/h4-9,12-13,25H,10-11H2,1-3H3,(H,22,24). The molecule has 0 saturated heterocycles. The largest absolute Gasteiger partial charge is 0.497 e. The number of carbonyl (C=O) groups excluding carboxylic acids is 1. The molecule has 9 heteroatoms. The Morgan fingerprint density at radius 2 is 1.86 bits per heavy atom. The van der Waals surface area contributed by atoms with E-state index in [4.69, 9.17) is 9.94 Å². The maximum absolute atomic E-state index is 12.1. The first-order valence-corrected chi connectivity index (χ1v) is 10.8. The molecule has 2 N–H and O–H groups in total. The minimum absolute atomic E-state index is 0.0302. The molecule has 0 aliphatic heterocycles. The van der Waals surface area contributed by atoms with Gasteiger partial charge in [0.1, 0.15) is 5.75 Å². The summed E-state index contributed by atoms with van der Waals surface area (Å²) in [7, 11) is -2.13. The van der Waals surface area contributed by atoms with Crippen LogP contribution in [0.3, 0.4) is 0 Å². The number of rotatable bonds is 7. The number of amides is 1. The average molecular weight is 417 g/mol. The van der Waals surface area contributed by atoms with E-state index in [1.807, 2.05) is 48.7 Å². The van der Waals surface area contributed by atoms with Crippen LogP contribution in [0.15, 0.2) is 48.7 Å². The molecule has 0 saturated carbocycles. The van der Waals surface area contributed by atoms with E-state index in [2.05, 4.69) is 5.10 Å². The second kappa shape index (κ2) is 7.84. The molecule has 1 unspecified atom stereocenters. The monoisotopic (exact) mass is 417 g/mol. The lowest BCUT2D eigenvalue weighted by Gasteiger charge is -2.24. The Hall–Kier alpha value is -2.91. The Balaban J connectivity index is 1.85. The summed E-state index contributed by atoms with van der Waals surface area (Å²) in [5.74, 6) is -0.179. The van der Waals surface area contributed by atoms with Crippen LogP contribution in [0.5, 0.6) is 5.75 Å². The van der Waals surface area contributed by atoms with Gasteiger partial charge in [0.05, 0.1) is 12.6 Å². The van der Waals surface area contributed by atoms with Crippen molar-refractivity contribution in [3.05, 3.63) is 48.7 Å². The van der Waals surface area contributed by atoms with Gasteiger partial charge in [0.15, 0.2) is 14.6 Å². The highest BCUT2D eigenvalue weighted by atomic mass is 32.2. The Morgan fingerprint density at radius 3 is 2.45 bits per heavy atom. The van der Waals surface area contributed by atoms with Crippen LogP contribution in [0.4, 0.5) is 0 Å². The number of ether oxygens (including phenoxy) is 1. The number of carbonyl (C=O) groups is 1. The van der Waals surface area contributed by atoms with E-state index >= 15 is 0 Å². The molecule has 0 fully saturated rings. The Kier molecular flexibility index (Phi) is 5.63. The van der Waals surface area contributed by atoms with Gasteiger partial charge in [-0.1, -0.05) is 18.2 Å². The molecule has 0 bridgehead atoms. The molecule has 154 valence electrons. The summed E-state index contributed by atoms with van der Waals surface area (Å²) < 4.78 is 29.2. The minimum Gasteiger partial charge on any atom is -0.497 e. The molecule has 0 aliphatic carbocycles. The van der Waals surface area contributed by atoms with Gasteiger partial charge in [-0.2, -0.15) is 5.10 Å². The molecule has 3 aromatic rings. The first-order valence-electron chi connectivity index (χ1n) is 8.94. The molecule has 8 nitrogen and oxygen atoms in total. The molecule has 0 spiro atoms. The molecule has 0 aliphatic rings. The van der Waals surface area contributed by atoms with Crippen LogP contribution in [-0.4, -0.2) is 47.4 Å². The van der Waals surface area contributed by atoms with Crippen molar-refractivity contribution in [3.63, 3.8) is 0 Å². The van der Waals surface area contributed by atoms with Crippen molar-refractivity contribution >= 4 is 26.6 Å². The number of nitrogens with one attached hydrogen (secondary N) is 1. The molecular weight excluding hydrogens is 394 g/mol. The van der Waals surface area contributed by atoms with E-state index in [1.165, 1.54) is 12.4 Å². The van der Waals surface area contributed by atoms with Crippen LogP contribution >= 0.6 is 0 Å². The number of sulfone groups is 1. The maximum atomic E-state index is 12.1. The van der Waals surface area contributed by atoms with Crippen LogP contribution < -0.4 is 10.2 Å². The van der Waals surface area contributed by atoms with E-state index in [0.717, 1.165) is 34.0 Å². The lowest BCUT2D eigenvalue weighted by Crippen LogP contribution is -2.49. The summed E-state index contributed by atoms with van der Waals surface area (Å²) in [4.78, 5) is 11.9. The van der Waals surface area contributed by atoms with Crippen molar-refractivity contribution in [2.24, 2.45) is 0 Å². The number of aromatic nitrogens is 2. The summed E-state index contributed by atoms with van der Waals surface area (Å²) in [5.41, 5.74) is 4.26. The molecule has 1 aromatic heterocycles. The molecule has 1 heterocycles. The second-order valence-electron chi connectivity index (χ2n) is 7.09. The topological polar surface area (TPSA) is 111 Å². The van der Waals surface area contributed by atoms with Crippen LogP contribution in [0.25, 0.3) is 22.0 Å². The Morgan fingerprint density at radius 1 is 1.21 bits per heavy atom. The van der Waals surface area contributed by atoms with E-state index in [9.17, 15) is 13.2 Å². The normalized spacial score (nSPS) is 13.8. The Labute approximate surface area is 169 Å². The van der Waals surface area contributed by atoms with Gasteiger partial charge in [-0.25, -0.2) is 13.9 Å². The zero-order chi connectivity index (χ0) is 21.2. The molecule has 0 radical (unpaired) electrons. The predicted octanol–water partition coefficient (Wildman–Crippen LogP) is 2.41. The van der Waals surface area contributed by atoms with Crippen LogP contribution in [0.1, 0.15) is 13.3 Å². The highest BCUT2D eigenvalue weighted by Crippen LogP contribution is 2.27. The van der Waals surface area contributed by atoms with Crippen molar-refractivity contribution in [3.8, 4) is 16.9 Å². The van der Waals surface area contributed by atoms with Gasteiger partial charge in [0.2, 0.25) is 0 Å². The highest BCUT2D eigenvalue weighted by Gasteiger charge is 2.43. The van der Waals surface area contributed by atoms with Gasteiger partial charge >= 0.3 is 0 Å². The molecular formula is C20H23N3O5S. The summed E-state index contributed by atoms with van der Waals surface area (Å²) in [6.07, 6.45) is 2.75. The quantitative estimate of drug-likeness (QED) is 0.451. The third-order valence-electron chi connectivity index (χ3n) is 5.19. The molecule has 3 rings (SSSR count). The SMILES string of the molecule is COc1ccc(-c2ccc3nn(CCC(C)(C(=O)NO)S(C)(=O)=O)cc3c2)cc1. The number of methoxy groups -OCH3 is 1. The highest BCUT2D eigenvalue weighted by molar-refractivity contribution is 7.92.